The van der Waals surface area contributed by atoms with Gasteiger partial charge < -0.3 is 0 Å². The SMILES string of the molecule is FC1CC(N2CCCCC2c2cccc(Cl)c2)C1. The molecule has 3 rings (SSSR count). The van der Waals surface area contributed by atoms with Gasteiger partial charge in [0.2, 0.25) is 0 Å². The smallest absolute Gasteiger partial charge is 0.103 e. The quantitative estimate of drug-likeness (QED) is 0.769. The van der Waals surface area contributed by atoms with Gasteiger partial charge in [-0.2, -0.15) is 0 Å². The van der Waals surface area contributed by atoms with Crippen molar-refractivity contribution in [2.45, 2.75) is 50.4 Å². The molecule has 1 heterocycles. The Hall–Kier alpha value is -0.600. The van der Waals surface area contributed by atoms with Crippen LogP contribution < -0.4 is 0 Å². The van der Waals surface area contributed by atoms with Gasteiger partial charge in [-0.05, 0) is 49.9 Å². The summed E-state index contributed by atoms with van der Waals surface area (Å²) in [7, 11) is 0. The Labute approximate surface area is 113 Å². The van der Waals surface area contributed by atoms with Crippen molar-refractivity contribution in [3.8, 4) is 0 Å². The van der Waals surface area contributed by atoms with Crippen LogP contribution in [0.4, 0.5) is 4.39 Å². The highest BCUT2D eigenvalue weighted by molar-refractivity contribution is 6.30. The lowest BCUT2D eigenvalue weighted by atomic mass is 9.84. The monoisotopic (exact) mass is 267 g/mol. The molecule has 1 aromatic rings. The summed E-state index contributed by atoms with van der Waals surface area (Å²) in [4.78, 5) is 2.51. The lowest BCUT2D eigenvalue weighted by molar-refractivity contribution is 0.00630. The maximum Gasteiger partial charge on any atom is 0.103 e. The van der Waals surface area contributed by atoms with E-state index in [4.69, 9.17) is 11.6 Å². The van der Waals surface area contributed by atoms with Crippen LogP contribution in [0.15, 0.2) is 24.3 Å². The Morgan fingerprint density at radius 2 is 2.06 bits per heavy atom. The number of nitrogens with zero attached hydrogens (tertiary/aromatic N) is 1. The molecule has 2 fully saturated rings. The van der Waals surface area contributed by atoms with Crippen LogP contribution in [0.25, 0.3) is 0 Å². The number of rotatable bonds is 2. The average Bonchev–Trinajstić information content (AvgIpc) is 2.35. The van der Waals surface area contributed by atoms with Crippen molar-refractivity contribution in [2.24, 2.45) is 0 Å². The van der Waals surface area contributed by atoms with E-state index in [2.05, 4.69) is 17.0 Å². The first kappa shape index (κ1) is 12.4. The molecule has 0 radical (unpaired) electrons. The van der Waals surface area contributed by atoms with Gasteiger partial charge in [0.25, 0.3) is 0 Å². The van der Waals surface area contributed by atoms with Gasteiger partial charge in [0, 0.05) is 17.1 Å². The minimum Gasteiger partial charge on any atom is -0.293 e. The summed E-state index contributed by atoms with van der Waals surface area (Å²) < 4.78 is 13.1. The fraction of sp³-hybridized carbons (Fsp3) is 0.600. The number of hydrogen-bond acceptors (Lipinski definition) is 1. The lowest BCUT2D eigenvalue weighted by Gasteiger charge is -2.46. The Bertz CT molecular complexity index is 417. The van der Waals surface area contributed by atoms with Crippen LogP contribution in [0.1, 0.15) is 43.7 Å². The first-order valence-corrected chi connectivity index (χ1v) is 7.27. The van der Waals surface area contributed by atoms with Crippen molar-refractivity contribution < 1.29 is 4.39 Å². The summed E-state index contributed by atoms with van der Waals surface area (Å²) in [6.45, 7) is 1.11. The molecule has 1 saturated carbocycles. The van der Waals surface area contributed by atoms with Crippen LogP contribution in [0.5, 0.6) is 0 Å². The molecule has 1 nitrogen and oxygen atoms in total. The second-order valence-corrected chi connectivity index (χ2v) is 5.96. The second kappa shape index (κ2) is 5.18. The minimum absolute atomic E-state index is 0.440. The van der Waals surface area contributed by atoms with E-state index >= 15 is 0 Å². The maximum absolute atomic E-state index is 13.1. The molecule has 1 unspecified atom stereocenters. The molecule has 1 aliphatic carbocycles. The third kappa shape index (κ3) is 2.41. The van der Waals surface area contributed by atoms with E-state index < -0.39 is 6.17 Å². The summed E-state index contributed by atoms with van der Waals surface area (Å²) in [5, 5.41) is 0.801. The molecule has 1 saturated heterocycles. The number of piperidine rings is 1. The summed E-state index contributed by atoms with van der Waals surface area (Å²) in [5.74, 6) is 0. The summed E-state index contributed by atoms with van der Waals surface area (Å²) in [6.07, 6.45) is 4.54. The number of halogens is 2. The molecule has 3 heteroatoms. The highest BCUT2D eigenvalue weighted by atomic mass is 35.5. The molecule has 1 atom stereocenters. The van der Waals surface area contributed by atoms with Crippen LogP contribution in [-0.4, -0.2) is 23.7 Å². The lowest BCUT2D eigenvalue weighted by Crippen LogP contribution is -2.49. The van der Waals surface area contributed by atoms with Gasteiger partial charge in [-0.15, -0.1) is 0 Å². The number of benzene rings is 1. The van der Waals surface area contributed by atoms with E-state index in [1.54, 1.807) is 0 Å². The van der Waals surface area contributed by atoms with Gasteiger partial charge in [0.05, 0.1) is 0 Å². The standard InChI is InChI=1S/C15H19ClFN/c16-12-5-3-4-11(8-12)15-6-1-2-7-18(15)14-9-13(17)10-14/h3-5,8,13-15H,1-2,6-7,9-10H2. The molecule has 1 aliphatic heterocycles. The number of likely N-dealkylation sites (tertiary alicyclic amines) is 1. The Balaban J connectivity index is 1.79. The normalized spacial score (nSPS) is 33.1. The summed E-state index contributed by atoms with van der Waals surface area (Å²) in [6, 6.07) is 9.04. The zero-order valence-electron chi connectivity index (χ0n) is 10.5. The van der Waals surface area contributed by atoms with Crippen LogP contribution >= 0.6 is 11.6 Å². The largest absolute Gasteiger partial charge is 0.293 e. The fourth-order valence-corrected chi connectivity index (χ4v) is 3.45. The Kier molecular flexibility index (Phi) is 3.58. The zero-order valence-corrected chi connectivity index (χ0v) is 11.2. The van der Waals surface area contributed by atoms with E-state index in [1.165, 1.54) is 24.8 Å². The van der Waals surface area contributed by atoms with Gasteiger partial charge in [0.15, 0.2) is 0 Å². The molecule has 18 heavy (non-hydrogen) atoms. The van der Waals surface area contributed by atoms with Crippen molar-refractivity contribution in [1.82, 2.24) is 4.90 Å². The predicted octanol–water partition coefficient (Wildman–Crippen LogP) is 4.37. The number of alkyl halides is 1. The molecule has 0 N–H and O–H groups in total. The molecule has 98 valence electrons. The third-order valence-electron chi connectivity index (χ3n) is 4.30. The van der Waals surface area contributed by atoms with Gasteiger partial charge in [0.1, 0.15) is 6.17 Å². The fourth-order valence-electron chi connectivity index (χ4n) is 3.25. The van der Waals surface area contributed by atoms with Crippen molar-refractivity contribution in [3.63, 3.8) is 0 Å². The van der Waals surface area contributed by atoms with E-state index in [-0.39, 0.29) is 0 Å². The van der Waals surface area contributed by atoms with Gasteiger partial charge in [-0.3, -0.25) is 4.90 Å². The van der Waals surface area contributed by atoms with Crippen LogP contribution in [0.2, 0.25) is 5.02 Å². The van der Waals surface area contributed by atoms with Gasteiger partial charge >= 0.3 is 0 Å². The first-order valence-electron chi connectivity index (χ1n) is 6.89. The molecule has 0 amide bonds. The van der Waals surface area contributed by atoms with Crippen molar-refractivity contribution >= 4 is 11.6 Å². The zero-order chi connectivity index (χ0) is 12.5. The van der Waals surface area contributed by atoms with Crippen molar-refractivity contribution in [1.29, 1.82) is 0 Å². The van der Waals surface area contributed by atoms with Crippen LogP contribution in [-0.2, 0) is 0 Å². The summed E-state index contributed by atoms with van der Waals surface area (Å²) in [5.41, 5.74) is 1.30. The van der Waals surface area contributed by atoms with E-state index in [0.29, 0.717) is 12.1 Å². The molecule has 0 bridgehead atoms. The molecular weight excluding hydrogens is 249 g/mol. The summed E-state index contributed by atoms with van der Waals surface area (Å²) >= 11 is 6.08. The first-order chi connectivity index (χ1) is 8.74. The molecular formula is C15H19ClFN. The van der Waals surface area contributed by atoms with Gasteiger partial charge in [-0.25, -0.2) is 4.39 Å². The Morgan fingerprint density at radius 1 is 1.22 bits per heavy atom. The molecule has 2 aliphatic rings. The third-order valence-corrected chi connectivity index (χ3v) is 4.54. The number of hydrogen-bond donors (Lipinski definition) is 0. The highest BCUT2D eigenvalue weighted by Gasteiger charge is 2.38. The highest BCUT2D eigenvalue weighted by Crippen LogP contribution is 2.39. The van der Waals surface area contributed by atoms with Crippen LogP contribution in [0, 0.1) is 0 Å². The topological polar surface area (TPSA) is 3.24 Å². The molecule has 1 aromatic carbocycles. The van der Waals surface area contributed by atoms with E-state index in [0.717, 1.165) is 24.4 Å². The second-order valence-electron chi connectivity index (χ2n) is 5.53. The predicted molar refractivity (Wildman–Crippen MR) is 72.7 cm³/mol. The van der Waals surface area contributed by atoms with E-state index in [1.807, 2.05) is 12.1 Å². The Morgan fingerprint density at radius 3 is 2.78 bits per heavy atom. The van der Waals surface area contributed by atoms with Gasteiger partial charge in [-0.1, -0.05) is 30.2 Å². The maximum atomic E-state index is 13.1. The average molecular weight is 268 g/mol. The van der Waals surface area contributed by atoms with Crippen molar-refractivity contribution in [2.75, 3.05) is 6.54 Å². The van der Waals surface area contributed by atoms with Crippen LogP contribution in [0.3, 0.4) is 0 Å². The van der Waals surface area contributed by atoms with E-state index in [9.17, 15) is 4.39 Å². The molecule has 0 aromatic heterocycles. The molecule has 0 spiro atoms. The minimum atomic E-state index is -0.572. The van der Waals surface area contributed by atoms with Crippen molar-refractivity contribution in [3.05, 3.63) is 34.9 Å².